The summed E-state index contributed by atoms with van der Waals surface area (Å²) in [7, 11) is 0. The Labute approximate surface area is 227 Å². The molecule has 0 unspecified atom stereocenters. The maximum absolute atomic E-state index is 13.0. The summed E-state index contributed by atoms with van der Waals surface area (Å²) in [4.78, 5) is 40.4. The van der Waals surface area contributed by atoms with Gasteiger partial charge in [-0.3, -0.25) is 9.59 Å². The van der Waals surface area contributed by atoms with Crippen molar-refractivity contribution in [1.29, 1.82) is 0 Å². The molecular weight excluding hydrogens is 531 g/mol. The highest BCUT2D eigenvalue weighted by atomic mass is 19.4. The normalized spacial score (nSPS) is 20.2. The SMILES string of the molecule is C[C@@H]1CN(C(=O)c2cnc(-n3ncnc3[C@H](C)NC(=O)c3cc(OC(F)(F)F)cc(C4CC4)c3)cn2)C[C@H](C)O1. The zero-order valence-electron chi connectivity index (χ0n) is 22.1. The van der Waals surface area contributed by atoms with E-state index < -0.39 is 24.1 Å². The molecule has 3 heterocycles. The molecule has 0 radical (unpaired) electrons. The Morgan fingerprint density at radius 3 is 2.42 bits per heavy atom. The number of nitrogens with zero attached hydrogens (tertiary/aromatic N) is 6. The van der Waals surface area contributed by atoms with Crippen molar-refractivity contribution in [2.75, 3.05) is 13.1 Å². The fraction of sp³-hybridized carbons (Fsp3) is 0.462. The third kappa shape index (κ3) is 6.38. The van der Waals surface area contributed by atoms with Gasteiger partial charge in [-0.1, -0.05) is 0 Å². The number of rotatable bonds is 7. The van der Waals surface area contributed by atoms with Crippen molar-refractivity contribution in [3.63, 3.8) is 0 Å². The largest absolute Gasteiger partial charge is 0.573 e. The van der Waals surface area contributed by atoms with E-state index in [9.17, 15) is 22.8 Å². The lowest BCUT2D eigenvalue weighted by molar-refractivity contribution is -0.274. The smallest absolute Gasteiger partial charge is 0.406 e. The zero-order chi connectivity index (χ0) is 28.6. The molecule has 1 saturated heterocycles. The molecule has 1 saturated carbocycles. The summed E-state index contributed by atoms with van der Waals surface area (Å²) in [6.07, 6.45) is 0.634. The third-order valence-electron chi connectivity index (χ3n) is 6.56. The van der Waals surface area contributed by atoms with Crippen LogP contribution >= 0.6 is 0 Å². The molecule has 2 aromatic heterocycles. The Morgan fingerprint density at radius 2 is 1.80 bits per heavy atom. The number of hydrogen-bond donors (Lipinski definition) is 1. The minimum Gasteiger partial charge on any atom is -0.406 e. The van der Waals surface area contributed by atoms with Crippen LogP contribution in [0.25, 0.3) is 5.82 Å². The van der Waals surface area contributed by atoms with E-state index >= 15 is 0 Å². The second-order valence-corrected chi connectivity index (χ2v) is 10.1. The van der Waals surface area contributed by atoms with E-state index in [1.807, 2.05) is 13.8 Å². The highest BCUT2D eigenvalue weighted by Crippen LogP contribution is 2.42. The average molecular weight is 560 g/mol. The van der Waals surface area contributed by atoms with Crippen molar-refractivity contribution in [3.05, 3.63) is 59.6 Å². The summed E-state index contributed by atoms with van der Waals surface area (Å²) < 4.78 is 49.7. The van der Waals surface area contributed by atoms with Crippen molar-refractivity contribution in [2.24, 2.45) is 0 Å². The number of morpholine rings is 1. The second kappa shape index (κ2) is 10.8. The molecule has 3 aromatic rings. The first-order chi connectivity index (χ1) is 19.0. The Kier molecular flexibility index (Phi) is 7.45. The molecule has 14 heteroatoms. The number of ether oxygens (including phenoxy) is 2. The molecule has 3 atom stereocenters. The molecule has 2 fully saturated rings. The topological polar surface area (TPSA) is 124 Å². The Balaban J connectivity index is 1.30. The van der Waals surface area contributed by atoms with Gasteiger partial charge in [0.25, 0.3) is 11.8 Å². The van der Waals surface area contributed by atoms with E-state index in [4.69, 9.17) is 4.74 Å². The summed E-state index contributed by atoms with van der Waals surface area (Å²) in [6.45, 7) is 6.35. The quantitative estimate of drug-likeness (QED) is 0.466. The van der Waals surface area contributed by atoms with E-state index in [1.165, 1.54) is 29.5 Å². The summed E-state index contributed by atoms with van der Waals surface area (Å²) in [5.74, 6) is -0.621. The third-order valence-corrected chi connectivity index (χ3v) is 6.56. The van der Waals surface area contributed by atoms with Gasteiger partial charge in [0.2, 0.25) is 0 Å². The number of carbonyl (C=O) groups is 2. The molecule has 0 spiro atoms. The number of halogens is 3. The monoisotopic (exact) mass is 559 g/mol. The fourth-order valence-electron chi connectivity index (χ4n) is 4.71. The minimum atomic E-state index is -4.88. The lowest BCUT2D eigenvalue weighted by atomic mass is 10.1. The van der Waals surface area contributed by atoms with Gasteiger partial charge < -0.3 is 19.7 Å². The average Bonchev–Trinajstić information content (AvgIpc) is 3.62. The van der Waals surface area contributed by atoms with Gasteiger partial charge in [0.1, 0.15) is 17.8 Å². The van der Waals surface area contributed by atoms with E-state index in [-0.39, 0.29) is 41.1 Å². The molecule has 2 amide bonds. The highest BCUT2D eigenvalue weighted by molar-refractivity contribution is 5.95. The van der Waals surface area contributed by atoms with Gasteiger partial charge in [-0.25, -0.2) is 15.0 Å². The van der Waals surface area contributed by atoms with Crippen LogP contribution in [-0.4, -0.2) is 73.1 Å². The van der Waals surface area contributed by atoms with Crippen LogP contribution in [0.4, 0.5) is 13.2 Å². The van der Waals surface area contributed by atoms with Crippen LogP contribution in [0.2, 0.25) is 0 Å². The Morgan fingerprint density at radius 1 is 1.07 bits per heavy atom. The van der Waals surface area contributed by atoms with Crippen LogP contribution in [0.15, 0.2) is 36.9 Å². The van der Waals surface area contributed by atoms with Gasteiger partial charge in [0.15, 0.2) is 11.6 Å². The standard InChI is InChI=1S/C26H28F3N7O4/c1-14-11-35(12-15(2)39-14)25(38)21-9-31-22(10-30-21)36-23(32-13-33-36)16(3)34-24(37)19-6-18(17-4-5-17)7-20(8-19)40-26(27,28)29/h6-10,13-17H,4-5,11-12H2,1-3H3,(H,34,37)/t14-,15+,16-/m0/s1. The van der Waals surface area contributed by atoms with Crippen LogP contribution in [0.1, 0.15) is 77.8 Å². The molecule has 2 aliphatic rings. The van der Waals surface area contributed by atoms with Crippen molar-refractivity contribution >= 4 is 11.8 Å². The van der Waals surface area contributed by atoms with E-state index in [1.54, 1.807) is 17.9 Å². The lowest BCUT2D eigenvalue weighted by Crippen LogP contribution is -2.48. The Hall–Kier alpha value is -4.07. The first kappa shape index (κ1) is 27.5. The van der Waals surface area contributed by atoms with Crippen LogP contribution < -0.4 is 10.1 Å². The van der Waals surface area contributed by atoms with E-state index in [0.29, 0.717) is 24.5 Å². The van der Waals surface area contributed by atoms with Crippen LogP contribution in [0.3, 0.4) is 0 Å². The molecular formula is C26H28F3N7O4. The zero-order valence-corrected chi connectivity index (χ0v) is 22.1. The molecule has 1 aliphatic heterocycles. The highest BCUT2D eigenvalue weighted by Gasteiger charge is 2.33. The number of aromatic nitrogens is 5. The number of amides is 2. The van der Waals surface area contributed by atoms with E-state index in [2.05, 4.69) is 30.1 Å². The minimum absolute atomic E-state index is 0.0379. The summed E-state index contributed by atoms with van der Waals surface area (Å²) >= 11 is 0. The Bertz CT molecular complexity index is 1380. The summed E-state index contributed by atoms with van der Waals surface area (Å²) in [6, 6.07) is 3.25. The lowest BCUT2D eigenvalue weighted by Gasteiger charge is -2.35. The number of hydrogen-bond acceptors (Lipinski definition) is 8. The second-order valence-electron chi connectivity index (χ2n) is 10.1. The molecule has 0 bridgehead atoms. The van der Waals surface area contributed by atoms with Crippen molar-refractivity contribution in [3.8, 4) is 11.6 Å². The van der Waals surface area contributed by atoms with Gasteiger partial charge in [-0.2, -0.15) is 9.78 Å². The van der Waals surface area contributed by atoms with Gasteiger partial charge in [0, 0.05) is 18.7 Å². The first-order valence-corrected chi connectivity index (χ1v) is 12.9. The number of nitrogens with one attached hydrogen (secondary N) is 1. The maximum atomic E-state index is 13.0. The molecule has 11 nitrogen and oxygen atoms in total. The number of alkyl halides is 3. The van der Waals surface area contributed by atoms with Crippen molar-refractivity contribution in [2.45, 2.75) is 64.1 Å². The fourth-order valence-corrected chi connectivity index (χ4v) is 4.71. The molecule has 212 valence electrons. The summed E-state index contributed by atoms with van der Waals surface area (Å²) in [5.41, 5.74) is 0.824. The van der Waals surface area contributed by atoms with Crippen LogP contribution in [0.5, 0.6) is 5.75 Å². The van der Waals surface area contributed by atoms with Crippen LogP contribution in [0, 0.1) is 0 Å². The van der Waals surface area contributed by atoms with Gasteiger partial charge in [-0.15, -0.1) is 13.2 Å². The van der Waals surface area contributed by atoms with Gasteiger partial charge >= 0.3 is 6.36 Å². The summed E-state index contributed by atoms with van der Waals surface area (Å²) in [5, 5.41) is 6.91. The van der Waals surface area contributed by atoms with E-state index in [0.717, 1.165) is 18.9 Å². The van der Waals surface area contributed by atoms with Gasteiger partial charge in [-0.05, 0) is 63.3 Å². The molecule has 5 rings (SSSR count). The van der Waals surface area contributed by atoms with Crippen LogP contribution in [-0.2, 0) is 4.74 Å². The van der Waals surface area contributed by atoms with Crippen molar-refractivity contribution < 1.29 is 32.2 Å². The maximum Gasteiger partial charge on any atom is 0.573 e. The predicted molar refractivity (Wildman–Crippen MR) is 134 cm³/mol. The van der Waals surface area contributed by atoms with Crippen molar-refractivity contribution in [1.82, 2.24) is 34.9 Å². The predicted octanol–water partition coefficient (Wildman–Crippen LogP) is 3.57. The molecule has 1 aliphatic carbocycles. The van der Waals surface area contributed by atoms with Gasteiger partial charge in [0.05, 0.1) is 30.6 Å². The number of benzene rings is 1. The first-order valence-electron chi connectivity index (χ1n) is 12.9. The molecule has 40 heavy (non-hydrogen) atoms. The number of carbonyl (C=O) groups excluding carboxylic acids is 2. The molecule has 1 N–H and O–H groups in total. The molecule has 1 aromatic carbocycles.